The number of aliphatic imine (C=N–C) groups is 1. The Hall–Kier alpha value is -3.06. The number of amides is 1. The van der Waals surface area contributed by atoms with E-state index in [-0.39, 0.29) is 12.6 Å². The number of guanidine groups is 1. The predicted octanol–water partition coefficient (Wildman–Crippen LogP) is 2.10. The van der Waals surface area contributed by atoms with Crippen LogP contribution in [0.1, 0.15) is 5.56 Å². The van der Waals surface area contributed by atoms with Gasteiger partial charge in [0.15, 0.2) is 5.96 Å². The Morgan fingerprint density at radius 1 is 1.08 bits per heavy atom. The van der Waals surface area contributed by atoms with Gasteiger partial charge in [-0.05, 0) is 34.9 Å². The molecule has 2 aromatic carbocycles. The molecule has 0 atom stereocenters. The number of hydrogen-bond acceptors (Lipinski definition) is 4. The molecule has 1 saturated heterocycles. The summed E-state index contributed by atoms with van der Waals surface area (Å²) >= 11 is 0. The Balaban J connectivity index is 1.67. The Morgan fingerprint density at radius 2 is 1.81 bits per heavy atom. The van der Waals surface area contributed by atoms with Gasteiger partial charge in [0.2, 0.25) is 0 Å². The standard InChI is InChI=1S/C19H22N4O3/c20-18(21)22-19(24)26-13-14-2-1-3-16(12-14)15-4-6-17(7-5-15)23-8-10-25-11-9-23/h1-7,12H,8-11,13H2,(H4,20,21,22,24). The minimum atomic E-state index is -0.801. The summed E-state index contributed by atoms with van der Waals surface area (Å²) in [5.74, 6) is -0.316. The maximum absolute atomic E-state index is 11.4. The molecule has 0 aliphatic carbocycles. The number of morpholine rings is 1. The molecule has 136 valence electrons. The van der Waals surface area contributed by atoms with E-state index in [1.54, 1.807) is 0 Å². The molecule has 0 unspecified atom stereocenters. The molecule has 0 aromatic heterocycles. The minimum absolute atomic E-state index is 0.106. The highest BCUT2D eigenvalue weighted by atomic mass is 16.5. The van der Waals surface area contributed by atoms with Gasteiger partial charge in [0.1, 0.15) is 6.61 Å². The van der Waals surface area contributed by atoms with E-state index < -0.39 is 6.09 Å². The van der Waals surface area contributed by atoms with E-state index in [0.717, 1.165) is 43.0 Å². The van der Waals surface area contributed by atoms with Crippen LogP contribution in [0.3, 0.4) is 0 Å². The van der Waals surface area contributed by atoms with Crippen molar-refractivity contribution < 1.29 is 14.3 Å². The van der Waals surface area contributed by atoms with E-state index in [9.17, 15) is 4.79 Å². The number of hydrogen-bond donors (Lipinski definition) is 2. The summed E-state index contributed by atoms with van der Waals surface area (Å²) in [7, 11) is 0. The number of rotatable bonds is 4. The summed E-state index contributed by atoms with van der Waals surface area (Å²) < 4.78 is 10.4. The van der Waals surface area contributed by atoms with Crippen molar-refractivity contribution in [1.29, 1.82) is 0 Å². The second kappa shape index (κ2) is 8.35. The molecule has 3 rings (SSSR count). The number of nitrogens with two attached hydrogens (primary N) is 2. The average Bonchev–Trinajstić information content (AvgIpc) is 2.67. The molecule has 1 aliphatic heterocycles. The maximum atomic E-state index is 11.4. The van der Waals surface area contributed by atoms with Crippen LogP contribution < -0.4 is 16.4 Å². The van der Waals surface area contributed by atoms with Crippen LogP contribution in [-0.4, -0.2) is 38.4 Å². The van der Waals surface area contributed by atoms with Crippen molar-refractivity contribution in [2.45, 2.75) is 6.61 Å². The van der Waals surface area contributed by atoms with E-state index in [1.165, 1.54) is 5.69 Å². The Labute approximate surface area is 152 Å². The molecule has 1 heterocycles. The SMILES string of the molecule is NC(N)=NC(=O)OCc1cccc(-c2ccc(N3CCOCC3)cc2)c1. The molecule has 7 heteroatoms. The molecular weight excluding hydrogens is 332 g/mol. The number of carbonyl (C=O) groups is 1. The molecule has 1 amide bonds. The van der Waals surface area contributed by atoms with E-state index in [1.807, 2.05) is 24.3 Å². The lowest BCUT2D eigenvalue weighted by atomic mass is 10.0. The van der Waals surface area contributed by atoms with E-state index in [4.69, 9.17) is 20.9 Å². The highest BCUT2D eigenvalue weighted by Crippen LogP contribution is 2.24. The molecule has 0 radical (unpaired) electrons. The molecule has 0 spiro atoms. The molecule has 26 heavy (non-hydrogen) atoms. The quantitative estimate of drug-likeness (QED) is 0.644. The molecule has 2 aromatic rings. The Morgan fingerprint density at radius 3 is 2.50 bits per heavy atom. The molecule has 0 saturated carbocycles. The summed E-state index contributed by atoms with van der Waals surface area (Å²) in [6.07, 6.45) is -0.801. The van der Waals surface area contributed by atoms with Gasteiger partial charge in [0, 0.05) is 18.8 Å². The summed E-state index contributed by atoms with van der Waals surface area (Å²) in [4.78, 5) is 17.0. The highest BCUT2D eigenvalue weighted by molar-refractivity contribution is 5.87. The van der Waals surface area contributed by atoms with Gasteiger partial charge in [-0.3, -0.25) is 0 Å². The topological polar surface area (TPSA) is 103 Å². The van der Waals surface area contributed by atoms with Gasteiger partial charge in [-0.15, -0.1) is 4.99 Å². The summed E-state index contributed by atoms with van der Waals surface area (Å²) in [6.45, 7) is 3.46. The van der Waals surface area contributed by atoms with Crippen molar-refractivity contribution in [3.63, 3.8) is 0 Å². The van der Waals surface area contributed by atoms with Crippen molar-refractivity contribution in [2.75, 3.05) is 31.2 Å². The Kier molecular flexibility index (Phi) is 5.70. The van der Waals surface area contributed by atoms with Gasteiger partial charge in [0.05, 0.1) is 13.2 Å². The number of ether oxygens (including phenoxy) is 2. The van der Waals surface area contributed by atoms with Crippen LogP contribution in [0.5, 0.6) is 0 Å². The zero-order chi connectivity index (χ0) is 18.4. The third-order valence-corrected chi connectivity index (χ3v) is 4.09. The lowest BCUT2D eigenvalue weighted by molar-refractivity contribution is 0.122. The largest absolute Gasteiger partial charge is 0.443 e. The smallest absolute Gasteiger partial charge is 0.437 e. The molecule has 4 N–H and O–H groups in total. The van der Waals surface area contributed by atoms with Crippen molar-refractivity contribution in [3.05, 3.63) is 54.1 Å². The van der Waals surface area contributed by atoms with Crippen molar-refractivity contribution in [2.24, 2.45) is 16.5 Å². The van der Waals surface area contributed by atoms with Crippen LogP contribution in [-0.2, 0) is 16.1 Å². The zero-order valence-electron chi connectivity index (χ0n) is 14.4. The van der Waals surface area contributed by atoms with E-state index in [2.05, 4.69) is 34.2 Å². The number of nitrogens with zero attached hydrogens (tertiary/aromatic N) is 2. The predicted molar refractivity (Wildman–Crippen MR) is 101 cm³/mol. The third kappa shape index (κ3) is 4.73. The van der Waals surface area contributed by atoms with Gasteiger partial charge in [-0.1, -0.05) is 30.3 Å². The molecular formula is C19H22N4O3. The van der Waals surface area contributed by atoms with Gasteiger partial charge in [0.25, 0.3) is 0 Å². The highest BCUT2D eigenvalue weighted by Gasteiger charge is 2.11. The third-order valence-electron chi connectivity index (χ3n) is 4.09. The second-order valence-corrected chi connectivity index (χ2v) is 5.94. The number of anilines is 1. The minimum Gasteiger partial charge on any atom is -0.443 e. The van der Waals surface area contributed by atoms with Crippen LogP contribution in [0.4, 0.5) is 10.5 Å². The van der Waals surface area contributed by atoms with Gasteiger partial charge < -0.3 is 25.8 Å². The molecule has 0 bridgehead atoms. The summed E-state index contributed by atoms with van der Waals surface area (Å²) in [5, 5.41) is 0. The number of carbonyl (C=O) groups excluding carboxylic acids is 1. The van der Waals surface area contributed by atoms with Crippen molar-refractivity contribution >= 4 is 17.7 Å². The normalized spacial score (nSPS) is 13.9. The zero-order valence-corrected chi connectivity index (χ0v) is 14.4. The van der Waals surface area contributed by atoms with Gasteiger partial charge in [-0.25, -0.2) is 4.79 Å². The fourth-order valence-electron chi connectivity index (χ4n) is 2.81. The molecule has 1 aliphatic rings. The first kappa shape index (κ1) is 17.8. The monoisotopic (exact) mass is 354 g/mol. The summed E-state index contributed by atoms with van der Waals surface area (Å²) in [5.41, 5.74) is 14.5. The van der Waals surface area contributed by atoms with Crippen LogP contribution in [0.25, 0.3) is 11.1 Å². The summed E-state index contributed by atoms with van der Waals surface area (Å²) in [6, 6.07) is 16.2. The van der Waals surface area contributed by atoms with Crippen LogP contribution in [0, 0.1) is 0 Å². The number of benzene rings is 2. The second-order valence-electron chi connectivity index (χ2n) is 5.94. The van der Waals surface area contributed by atoms with Crippen molar-refractivity contribution in [3.8, 4) is 11.1 Å². The first-order valence-corrected chi connectivity index (χ1v) is 8.40. The van der Waals surface area contributed by atoms with E-state index >= 15 is 0 Å². The van der Waals surface area contributed by atoms with E-state index in [0.29, 0.717) is 0 Å². The fourth-order valence-corrected chi connectivity index (χ4v) is 2.81. The van der Waals surface area contributed by atoms with Crippen LogP contribution in [0.15, 0.2) is 53.5 Å². The van der Waals surface area contributed by atoms with Crippen LogP contribution in [0.2, 0.25) is 0 Å². The first-order chi connectivity index (χ1) is 12.6. The van der Waals surface area contributed by atoms with Gasteiger partial charge in [-0.2, -0.15) is 0 Å². The average molecular weight is 354 g/mol. The van der Waals surface area contributed by atoms with Crippen LogP contribution >= 0.6 is 0 Å². The maximum Gasteiger partial charge on any atom is 0.437 e. The first-order valence-electron chi connectivity index (χ1n) is 8.40. The molecule has 1 fully saturated rings. The van der Waals surface area contributed by atoms with Crippen molar-refractivity contribution in [1.82, 2.24) is 0 Å². The van der Waals surface area contributed by atoms with Gasteiger partial charge >= 0.3 is 6.09 Å². The Bertz CT molecular complexity index is 780. The lowest BCUT2D eigenvalue weighted by Gasteiger charge is -2.28. The molecule has 7 nitrogen and oxygen atoms in total. The lowest BCUT2D eigenvalue weighted by Crippen LogP contribution is -2.36. The fraction of sp³-hybridized carbons (Fsp3) is 0.263.